The third kappa shape index (κ3) is 1.87. The second-order valence-corrected chi connectivity index (χ2v) is 5.64. The Morgan fingerprint density at radius 1 is 1.50 bits per heavy atom. The number of rotatable bonds is 1. The van der Waals surface area contributed by atoms with Gasteiger partial charge in [-0.05, 0) is 38.5 Å². The first-order chi connectivity index (χ1) is 8.37. The van der Waals surface area contributed by atoms with E-state index in [0.29, 0.717) is 5.02 Å². The largest absolute Gasteiger partial charge is 0.305 e. The number of nitrogens with zero attached hydrogens (tertiary/aromatic N) is 2. The molecule has 1 unspecified atom stereocenters. The van der Waals surface area contributed by atoms with Crippen molar-refractivity contribution in [2.24, 2.45) is 5.92 Å². The summed E-state index contributed by atoms with van der Waals surface area (Å²) in [4.78, 5) is 13.9. The van der Waals surface area contributed by atoms with E-state index in [9.17, 15) is 4.79 Å². The number of hydrogen-bond acceptors (Lipinski definition) is 2. The molecule has 0 N–H and O–H groups in total. The second kappa shape index (κ2) is 4.29. The highest BCUT2D eigenvalue weighted by Gasteiger charge is 2.47. The zero-order valence-corrected chi connectivity index (χ0v) is 11.5. The maximum Gasteiger partial charge on any atom is 0.228 e. The van der Waals surface area contributed by atoms with Gasteiger partial charge in [0.25, 0.3) is 0 Å². The highest BCUT2D eigenvalue weighted by molar-refractivity contribution is 6.31. The SMILES string of the molecule is Cc1ccc(Cl)cc1N1C(=O)CC(C#N)C1(C)C. The molecule has 1 saturated heterocycles. The van der Waals surface area contributed by atoms with Crippen molar-refractivity contribution in [3.63, 3.8) is 0 Å². The smallest absolute Gasteiger partial charge is 0.228 e. The monoisotopic (exact) mass is 262 g/mol. The number of nitriles is 1. The van der Waals surface area contributed by atoms with Crippen LogP contribution in [0.2, 0.25) is 5.02 Å². The first-order valence-corrected chi connectivity index (χ1v) is 6.24. The minimum absolute atomic E-state index is 0.0167. The van der Waals surface area contributed by atoms with E-state index in [0.717, 1.165) is 11.3 Å². The predicted octanol–water partition coefficient (Wildman–Crippen LogP) is 3.30. The fourth-order valence-corrected chi connectivity index (χ4v) is 2.63. The van der Waals surface area contributed by atoms with E-state index in [1.54, 1.807) is 17.0 Å². The summed E-state index contributed by atoms with van der Waals surface area (Å²) in [5.74, 6) is -0.305. The topological polar surface area (TPSA) is 44.1 Å². The minimum atomic E-state index is -0.499. The molecule has 0 aliphatic carbocycles. The Labute approximate surface area is 112 Å². The normalized spacial score (nSPS) is 22.1. The lowest BCUT2D eigenvalue weighted by atomic mass is 9.89. The molecule has 1 amide bonds. The quantitative estimate of drug-likeness (QED) is 0.779. The lowest BCUT2D eigenvalue weighted by Crippen LogP contribution is -2.44. The Hall–Kier alpha value is -1.53. The zero-order valence-electron chi connectivity index (χ0n) is 10.7. The van der Waals surface area contributed by atoms with Gasteiger partial charge in [0.15, 0.2) is 0 Å². The van der Waals surface area contributed by atoms with Crippen molar-refractivity contribution >= 4 is 23.2 Å². The van der Waals surface area contributed by atoms with Gasteiger partial charge in [-0.1, -0.05) is 17.7 Å². The third-order valence-electron chi connectivity index (χ3n) is 3.63. The molecule has 1 fully saturated rings. The molecule has 1 aromatic rings. The highest BCUT2D eigenvalue weighted by atomic mass is 35.5. The average molecular weight is 263 g/mol. The van der Waals surface area contributed by atoms with Gasteiger partial charge in [-0.2, -0.15) is 5.26 Å². The van der Waals surface area contributed by atoms with Crippen LogP contribution in [-0.4, -0.2) is 11.4 Å². The maximum atomic E-state index is 12.2. The molecule has 1 aliphatic rings. The Bertz CT molecular complexity index is 545. The number of carbonyl (C=O) groups excluding carboxylic acids is 1. The summed E-state index contributed by atoms with van der Waals surface area (Å²) in [6, 6.07) is 7.70. The number of carbonyl (C=O) groups is 1. The molecule has 3 nitrogen and oxygen atoms in total. The van der Waals surface area contributed by atoms with Gasteiger partial charge in [0.2, 0.25) is 5.91 Å². The lowest BCUT2D eigenvalue weighted by Gasteiger charge is -2.34. The summed E-state index contributed by atoms with van der Waals surface area (Å²) in [6.45, 7) is 5.78. The van der Waals surface area contributed by atoms with Gasteiger partial charge >= 0.3 is 0 Å². The van der Waals surface area contributed by atoms with Crippen LogP contribution in [0.3, 0.4) is 0 Å². The molecule has 4 heteroatoms. The summed E-state index contributed by atoms with van der Waals surface area (Å²) in [6.07, 6.45) is 0.273. The third-order valence-corrected chi connectivity index (χ3v) is 3.86. The van der Waals surface area contributed by atoms with Crippen molar-refractivity contribution in [3.05, 3.63) is 28.8 Å². The number of anilines is 1. The van der Waals surface area contributed by atoms with Crippen molar-refractivity contribution in [2.75, 3.05) is 4.90 Å². The fourth-order valence-electron chi connectivity index (χ4n) is 2.46. The van der Waals surface area contributed by atoms with E-state index in [2.05, 4.69) is 6.07 Å². The molecule has 0 bridgehead atoms. The lowest BCUT2D eigenvalue weighted by molar-refractivity contribution is -0.117. The Morgan fingerprint density at radius 3 is 2.72 bits per heavy atom. The fraction of sp³-hybridized carbons (Fsp3) is 0.429. The standard InChI is InChI=1S/C14H15ClN2O/c1-9-4-5-11(15)7-12(9)17-13(18)6-10(8-16)14(17,2)3/h4-5,7,10H,6H2,1-3H3. The van der Waals surface area contributed by atoms with Crippen molar-refractivity contribution in [3.8, 4) is 6.07 Å². The van der Waals surface area contributed by atoms with Gasteiger partial charge < -0.3 is 4.90 Å². The minimum Gasteiger partial charge on any atom is -0.305 e. The van der Waals surface area contributed by atoms with Crippen LogP contribution in [0.4, 0.5) is 5.69 Å². The first-order valence-electron chi connectivity index (χ1n) is 5.86. The van der Waals surface area contributed by atoms with Gasteiger partial charge in [-0.3, -0.25) is 4.79 Å². The molecule has 94 valence electrons. The van der Waals surface area contributed by atoms with Crippen molar-refractivity contribution in [2.45, 2.75) is 32.7 Å². The van der Waals surface area contributed by atoms with Crippen LogP contribution >= 0.6 is 11.6 Å². The van der Waals surface area contributed by atoms with Gasteiger partial charge in [-0.15, -0.1) is 0 Å². The molecule has 18 heavy (non-hydrogen) atoms. The second-order valence-electron chi connectivity index (χ2n) is 5.20. The van der Waals surface area contributed by atoms with Crippen molar-refractivity contribution in [1.29, 1.82) is 5.26 Å². The van der Waals surface area contributed by atoms with E-state index < -0.39 is 5.54 Å². The highest BCUT2D eigenvalue weighted by Crippen LogP contribution is 2.40. The van der Waals surface area contributed by atoms with E-state index in [1.807, 2.05) is 26.8 Å². The first kappa shape index (κ1) is 12.9. The van der Waals surface area contributed by atoms with E-state index in [-0.39, 0.29) is 18.2 Å². The van der Waals surface area contributed by atoms with Crippen LogP contribution in [0, 0.1) is 24.2 Å². The average Bonchev–Trinajstić information content (AvgIpc) is 2.52. The molecular weight excluding hydrogens is 248 g/mol. The Morgan fingerprint density at radius 2 is 2.17 bits per heavy atom. The zero-order chi connectivity index (χ0) is 13.5. The van der Waals surface area contributed by atoms with Crippen LogP contribution in [0.5, 0.6) is 0 Å². The molecule has 0 aromatic heterocycles. The van der Waals surface area contributed by atoms with E-state index in [4.69, 9.17) is 16.9 Å². The van der Waals surface area contributed by atoms with E-state index in [1.165, 1.54) is 0 Å². The van der Waals surface area contributed by atoms with Crippen LogP contribution in [0.1, 0.15) is 25.8 Å². The van der Waals surface area contributed by atoms with Crippen LogP contribution < -0.4 is 4.90 Å². The molecule has 0 spiro atoms. The summed E-state index contributed by atoms with van der Waals surface area (Å²) < 4.78 is 0. The number of halogens is 1. The molecule has 1 heterocycles. The van der Waals surface area contributed by atoms with Gasteiger partial charge in [-0.25, -0.2) is 0 Å². The summed E-state index contributed by atoms with van der Waals surface area (Å²) in [5.41, 5.74) is 1.29. The predicted molar refractivity (Wildman–Crippen MR) is 71.5 cm³/mol. The number of aryl methyl sites for hydroxylation is 1. The van der Waals surface area contributed by atoms with Gasteiger partial charge in [0.1, 0.15) is 0 Å². The van der Waals surface area contributed by atoms with Gasteiger partial charge in [0, 0.05) is 17.1 Å². The van der Waals surface area contributed by atoms with Crippen molar-refractivity contribution < 1.29 is 4.79 Å². The summed E-state index contributed by atoms with van der Waals surface area (Å²) in [7, 11) is 0. The number of hydrogen-bond donors (Lipinski definition) is 0. The summed E-state index contributed by atoms with van der Waals surface area (Å²) in [5, 5.41) is 9.75. The van der Waals surface area contributed by atoms with Crippen LogP contribution in [0.25, 0.3) is 0 Å². The molecule has 2 rings (SSSR count). The molecular formula is C14H15ClN2O. The molecule has 1 aliphatic heterocycles. The maximum absolute atomic E-state index is 12.2. The molecule has 1 atom stereocenters. The van der Waals surface area contributed by atoms with Crippen LogP contribution in [-0.2, 0) is 4.79 Å². The van der Waals surface area contributed by atoms with Crippen molar-refractivity contribution in [1.82, 2.24) is 0 Å². The van der Waals surface area contributed by atoms with Gasteiger partial charge in [0.05, 0.1) is 17.5 Å². The molecule has 1 aromatic carbocycles. The number of amides is 1. The Balaban J connectivity index is 2.54. The van der Waals surface area contributed by atoms with E-state index >= 15 is 0 Å². The molecule has 0 radical (unpaired) electrons. The van der Waals surface area contributed by atoms with Crippen LogP contribution in [0.15, 0.2) is 18.2 Å². The Kier molecular flexibility index (Phi) is 3.08. The summed E-state index contributed by atoms with van der Waals surface area (Å²) >= 11 is 6.00. The molecule has 0 saturated carbocycles. The number of benzene rings is 1.